The lowest BCUT2D eigenvalue weighted by Crippen LogP contribution is -1.94. The van der Waals surface area contributed by atoms with Crippen molar-refractivity contribution in [3.63, 3.8) is 0 Å². The predicted octanol–water partition coefficient (Wildman–Crippen LogP) is 1.31. The third-order valence-electron chi connectivity index (χ3n) is 1.02. The lowest BCUT2D eigenvalue weighted by molar-refractivity contribution is 0.260. The van der Waals surface area contributed by atoms with Gasteiger partial charge in [0.25, 0.3) is 0 Å². The van der Waals surface area contributed by atoms with Crippen LogP contribution in [0.2, 0.25) is 0 Å². The maximum absolute atomic E-state index is 4.85. The van der Waals surface area contributed by atoms with E-state index in [1.165, 1.54) is 6.42 Å². The van der Waals surface area contributed by atoms with E-state index in [0.29, 0.717) is 0 Å². The smallest absolute Gasteiger partial charge is 0.0918 e. The van der Waals surface area contributed by atoms with Crippen LogP contribution in [-0.4, -0.2) is 7.11 Å². The van der Waals surface area contributed by atoms with Gasteiger partial charge in [0.05, 0.1) is 12.9 Å². The van der Waals surface area contributed by atoms with Crippen molar-refractivity contribution in [2.24, 2.45) is 0 Å². The van der Waals surface area contributed by atoms with Crippen molar-refractivity contribution in [1.82, 2.24) is 0 Å². The van der Waals surface area contributed by atoms with Gasteiger partial charge in [0.15, 0.2) is 0 Å². The van der Waals surface area contributed by atoms with Crippen LogP contribution in [0.15, 0.2) is 11.8 Å². The molecule has 0 spiro atoms. The minimum atomic E-state index is 1.15. The van der Waals surface area contributed by atoms with E-state index in [1.807, 2.05) is 0 Å². The van der Waals surface area contributed by atoms with E-state index in [2.05, 4.69) is 6.08 Å². The zero-order chi connectivity index (χ0) is 4.41. The average molecular weight is 84.1 g/mol. The number of hydrogen-bond donors (Lipinski definition) is 0. The molecule has 34 valence electrons. The molecule has 1 nitrogen and oxygen atoms in total. The number of methoxy groups -OCH3 is 1. The van der Waals surface area contributed by atoms with Gasteiger partial charge in [-0.25, -0.2) is 0 Å². The van der Waals surface area contributed by atoms with Gasteiger partial charge in [0.1, 0.15) is 0 Å². The first-order chi connectivity index (χ1) is 2.93. The number of ether oxygens (including phenoxy) is 1. The molecule has 0 saturated heterocycles. The molecular formula is C5H8O. The fourth-order valence-electron chi connectivity index (χ4n) is 0.448. The molecule has 0 saturated carbocycles. The standard InChI is InChI=1S/C5H8O/c1-6-5-3-2-4-5/h3H,2,4H2,1H3. The highest BCUT2D eigenvalue weighted by molar-refractivity contribution is 5.03. The van der Waals surface area contributed by atoms with Crippen LogP contribution in [0.1, 0.15) is 12.8 Å². The third kappa shape index (κ3) is 0.402. The molecule has 0 atom stereocenters. The van der Waals surface area contributed by atoms with Crippen LogP contribution in [0.5, 0.6) is 0 Å². The largest absolute Gasteiger partial charge is 0.501 e. The van der Waals surface area contributed by atoms with Gasteiger partial charge >= 0.3 is 0 Å². The lowest BCUT2D eigenvalue weighted by Gasteiger charge is -2.10. The fraction of sp³-hybridized carbons (Fsp3) is 0.600. The van der Waals surface area contributed by atoms with Crippen molar-refractivity contribution in [1.29, 1.82) is 0 Å². The second-order valence-electron chi connectivity index (χ2n) is 1.41. The summed E-state index contributed by atoms with van der Waals surface area (Å²) in [6.07, 6.45) is 4.46. The first-order valence-electron chi connectivity index (χ1n) is 2.16. The normalized spacial score (nSPS) is 18.5. The van der Waals surface area contributed by atoms with Gasteiger partial charge in [-0.15, -0.1) is 0 Å². The van der Waals surface area contributed by atoms with E-state index < -0.39 is 0 Å². The Bertz CT molecular complexity index is 74.0. The second-order valence-corrected chi connectivity index (χ2v) is 1.41. The summed E-state index contributed by atoms with van der Waals surface area (Å²) in [7, 11) is 1.71. The quantitative estimate of drug-likeness (QED) is 0.465. The Balaban J connectivity index is 2.32. The lowest BCUT2D eigenvalue weighted by atomic mass is 10.1. The van der Waals surface area contributed by atoms with Crippen molar-refractivity contribution in [2.75, 3.05) is 7.11 Å². The summed E-state index contributed by atoms with van der Waals surface area (Å²) < 4.78 is 4.85. The van der Waals surface area contributed by atoms with Crippen molar-refractivity contribution in [3.05, 3.63) is 11.8 Å². The molecule has 1 rings (SSSR count). The average Bonchev–Trinajstić information content (AvgIpc) is 1.31. The van der Waals surface area contributed by atoms with Crippen LogP contribution < -0.4 is 0 Å². The Hall–Kier alpha value is -0.460. The summed E-state index contributed by atoms with van der Waals surface area (Å²) >= 11 is 0. The molecule has 0 aromatic carbocycles. The van der Waals surface area contributed by atoms with Crippen LogP contribution >= 0.6 is 0 Å². The van der Waals surface area contributed by atoms with E-state index in [4.69, 9.17) is 4.74 Å². The van der Waals surface area contributed by atoms with Crippen molar-refractivity contribution in [2.45, 2.75) is 12.8 Å². The number of rotatable bonds is 1. The molecular weight excluding hydrogens is 76.1 g/mol. The van der Waals surface area contributed by atoms with E-state index in [-0.39, 0.29) is 0 Å². The summed E-state index contributed by atoms with van der Waals surface area (Å²) in [5, 5.41) is 0. The van der Waals surface area contributed by atoms with Crippen molar-refractivity contribution >= 4 is 0 Å². The summed E-state index contributed by atoms with van der Waals surface area (Å²) in [6, 6.07) is 0. The number of hydrogen-bond acceptors (Lipinski definition) is 1. The van der Waals surface area contributed by atoms with Crippen LogP contribution in [0, 0.1) is 0 Å². The van der Waals surface area contributed by atoms with Crippen molar-refractivity contribution in [3.8, 4) is 0 Å². The predicted molar refractivity (Wildman–Crippen MR) is 24.3 cm³/mol. The molecule has 1 aliphatic carbocycles. The molecule has 0 fully saturated rings. The molecule has 0 heterocycles. The Morgan fingerprint density at radius 2 is 2.50 bits per heavy atom. The fourth-order valence-corrected chi connectivity index (χ4v) is 0.448. The second kappa shape index (κ2) is 1.33. The number of allylic oxidation sites excluding steroid dienone is 2. The molecule has 6 heavy (non-hydrogen) atoms. The summed E-state index contributed by atoms with van der Waals surface area (Å²) in [4.78, 5) is 0. The van der Waals surface area contributed by atoms with Gasteiger partial charge < -0.3 is 4.74 Å². The third-order valence-corrected chi connectivity index (χ3v) is 1.02. The van der Waals surface area contributed by atoms with Crippen LogP contribution in [0.4, 0.5) is 0 Å². The molecule has 0 amide bonds. The molecule has 0 aliphatic heterocycles. The van der Waals surface area contributed by atoms with E-state index in [1.54, 1.807) is 7.11 Å². The molecule has 0 N–H and O–H groups in total. The Morgan fingerprint density at radius 1 is 1.83 bits per heavy atom. The van der Waals surface area contributed by atoms with Gasteiger partial charge in [-0.1, -0.05) is 0 Å². The maximum Gasteiger partial charge on any atom is 0.0918 e. The van der Waals surface area contributed by atoms with Crippen LogP contribution in [0.3, 0.4) is 0 Å². The highest BCUT2D eigenvalue weighted by Gasteiger charge is 2.01. The summed E-state index contributed by atoms with van der Waals surface area (Å²) in [6.45, 7) is 0. The summed E-state index contributed by atoms with van der Waals surface area (Å²) in [5.41, 5.74) is 0. The van der Waals surface area contributed by atoms with Gasteiger partial charge in [0.2, 0.25) is 0 Å². The Kier molecular flexibility index (Phi) is 0.825. The van der Waals surface area contributed by atoms with Gasteiger partial charge in [-0.3, -0.25) is 0 Å². The van der Waals surface area contributed by atoms with E-state index >= 15 is 0 Å². The van der Waals surface area contributed by atoms with Gasteiger partial charge in [0, 0.05) is 6.42 Å². The van der Waals surface area contributed by atoms with Gasteiger partial charge in [-0.05, 0) is 12.5 Å². The highest BCUT2D eigenvalue weighted by Crippen LogP contribution is 2.16. The minimum Gasteiger partial charge on any atom is -0.501 e. The molecule has 0 unspecified atom stereocenters. The van der Waals surface area contributed by atoms with Gasteiger partial charge in [-0.2, -0.15) is 0 Å². The molecule has 1 heteroatoms. The molecule has 0 bridgehead atoms. The Labute approximate surface area is 37.6 Å². The van der Waals surface area contributed by atoms with E-state index in [0.717, 1.165) is 12.2 Å². The Morgan fingerprint density at radius 3 is 2.50 bits per heavy atom. The molecule has 1 aliphatic rings. The topological polar surface area (TPSA) is 9.23 Å². The molecule has 0 aromatic rings. The monoisotopic (exact) mass is 84.1 g/mol. The highest BCUT2D eigenvalue weighted by atomic mass is 16.5. The van der Waals surface area contributed by atoms with Crippen LogP contribution in [-0.2, 0) is 4.74 Å². The first kappa shape index (κ1) is 3.72. The van der Waals surface area contributed by atoms with Crippen LogP contribution in [0.25, 0.3) is 0 Å². The zero-order valence-corrected chi connectivity index (χ0v) is 3.90. The van der Waals surface area contributed by atoms with Crippen molar-refractivity contribution < 1.29 is 4.74 Å². The molecule has 0 aromatic heterocycles. The van der Waals surface area contributed by atoms with E-state index in [9.17, 15) is 0 Å². The first-order valence-corrected chi connectivity index (χ1v) is 2.16. The summed E-state index contributed by atoms with van der Waals surface area (Å²) in [5.74, 6) is 1.15. The molecule has 0 radical (unpaired) electrons. The maximum atomic E-state index is 4.85. The minimum absolute atomic E-state index is 1.15. The SMILES string of the molecule is COC1=CCC1. The zero-order valence-electron chi connectivity index (χ0n) is 3.90.